The molecule has 4 nitrogen and oxygen atoms in total. The highest BCUT2D eigenvalue weighted by atomic mass is 16.2. The van der Waals surface area contributed by atoms with E-state index in [1.807, 2.05) is 65.3 Å². The molecule has 0 fully saturated rings. The van der Waals surface area contributed by atoms with Crippen molar-refractivity contribution in [3.8, 4) is 0 Å². The summed E-state index contributed by atoms with van der Waals surface area (Å²) in [6.07, 6.45) is 6.66. The molecule has 0 N–H and O–H groups in total. The molecule has 2 amide bonds. The lowest BCUT2D eigenvalue weighted by Crippen LogP contribution is -2.34. The molecule has 0 aliphatic carbocycles. The van der Waals surface area contributed by atoms with Crippen molar-refractivity contribution in [1.82, 2.24) is 4.90 Å². The molecule has 2 aromatic carbocycles. The Balaban J connectivity index is 1.93. The molecule has 0 aromatic heterocycles. The topological polar surface area (TPSA) is 40.6 Å². The van der Waals surface area contributed by atoms with Crippen LogP contribution in [0.5, 0.6) is 0 Å². The molecule has 0 unspecified atom stereocenters. The number of carbonyl (C=O) groups excluding carboxylic acids is 2. The van der Waals surface area contributed by atoms with Crippen molar-refractivity contribution in [2.24, 2.45) is 0 Å². The van der Waals surface area contributed by atoms with Crippen LogP contribution in [0.15, 0.2) is 48.5 Å². The van der Waals surface area contributed by atoms with Crippen LogP contribution in [-0.2, 0) is 11.3 Å². The Morgan fingerprint density at radius 1 is 0.828 bits per heavy atom. The van der Waals surface area contributed by atoms with Gasteiger partial charge >= 0.3 is 0 Å². The number of aryl methyl sites for hydroxylation is 1. The van der Waals surface area contributed by atoms with Gasteiger partial charge in [0.15, 0.2) is 0 Å². The van der Waals surface area contributed by atoms with E-state index >= 15 is 0 Å². The van der Waals surface area contributed by atoms with Gasteiger partial charge in [0, 0.05) is 37.8 Å². The van der Waals surface area contributed by atoms with Gasteiger partial charge in [0.2, 0.25) is 5.91 Å². The van der Waals surface area contributed by atoms with Crippen molar-refractivity contribution < 1.29 is 9.59 Å². The Hall–Kier alpha value is -2.62. The summed E-state index contributed by atoms with van der Waals surface area (Å²) in [4.78, 5) is 29.5. The lowest BCUT2D eigenvalue weighted by Gasteiger charge is -2.28. The zero-order valence-corrected chi connectivity index (χ0v) is 17.7. The number of nitrogens with zero attached hydrogens (tertiary/aromatic N) is 2. The molecular formula is C25H32N2O2. The highest BCUT2D eigenvalue weighted by Gasteiger charge is 2.21. The van der Waals surface area contributed by atoms with Crippen LogP contribution in [0.4, 0.5) is 5.69 Å². The van der Waals surface area contributed by atoms with Gasteiger partial charge in [0.25, 0.3) is 5.91 Å². The molecule has 0 bridgehead atoms. The summed E-state index contributed by atoms with van der Waals surface area (Å²) in [6.45, 7) is 5.63. The maximum atomic E-state index is 13.3. The minimum absolute atomic E-state index is 0.0592. The Morgan fingerprint density at radius 2 is 1.52 bits per heavy atom. The van der Waals surface area contributed by atoms with E-state index in [9.17, 15) is 9.59 Å². The van der Waals surface area contributed by atoms with Crippen LogP contribution < -0.4 is 4.90 Å². The lowest BCUT2D eigenvalue weighted by atomic mass is 10.1. The van der Waals surface area contributed by atoms with E-state index in [1.165, 1.54) is 12.8 Å². The van der Waals surface area contributed by atoms with Crippen molar-refractivity contribution >= 4 is 17.5 Å². The van der Waals surface area contributed by atoms with Gasteiger partial charge in [-0.25, -0.2) is 0 Å². The second-order valence-corrected chi connectivity index (χ2v) is 8.02. The van der Waals surface area contributed by atoms with E-state index in [1.54, 1.807) is 6.92 Å². The average Bonchev–Trinajstić information content (AvgIpc) is 2.73. The third-order valence-electron chi connectivity index (χ3n) is 5.64. The van der Waals surface area contributed by atoms with Crippen molar-refractivity contribution in [2.75, 3.05) is 18.0 Å². The highest BCUT2D eigenvalue weighted by molar-refractivity contribution is 5.95. The number of anilines is 1. The summed E-state index contributed by atoms with van der Waals surface area (Å²) >= 11 is 0. The average molecular weight is 393 g/mol. The summed E-state index contributed by atoms with van der Waals surface area (Å²) in [5.74, 6) is 0.122. The Kier molecular flexibility index (Phi) is 7.45. The van der Waals surface area contributed by atoms with E-state index in [0.29, 0.717) is 6.54 Å². The molecule has 1 aliphatic heterocycles. The Morgan fingerprint density at radius 3 is 2.24 bits per heavy atom. The van der Waals surface area contributed by atoms with Gasteiger partial charge in [-0.1, -0.05) is 61.6 Å². The first-order chi connectivity index (χ1) is 14.1. The predicted octanol–water partition coefficient (Wildman–Crippen LogP) is 5.34. The minimum atomic E-state index is 0.0592. The quantitative estimate of drug-likeness (QED) is 0.657. The first-order valence-electron chi connectivity index (χ1n) is 10.8. The molecule has 0 spiro atoms. The van der Waals surface area contributed by atoms with Gasteiger partial charge in [-0.05, 0) is 43.5 Å². The number of carbonyl (C=O) groups is 2. The number of rotatable bonds is 1. The molecule has 1 heterocycles. The highest BCUT2D eigenvalue weighted by Crippen LogP contribution is 2.25. The first-order valence-corrected chi connectivity index (χ1v) is 10.8. The maximum Gasteiger partial charge on any atom is 0.254 e. The van der Waals surface area contributed by atoms with Crippen LogP contribution >= 0.6 is 0 Å². The van der Waals surface area contributed by atoms with Crippen molar-refractivity contribution in [3.05, 3.63) is 65.2 Å². The fourth-order valence-electron chi connectivity index (χ4n) is 4.05. The largest absolute Gasteiger partial charge is 0.334 e. The number of amides is 2. The van der Waals surface area contributed by atoms with E-state index in [2.05, 4.69) is 0 Å². The molecule has 0 atom stereocenters. The number of hydrogen-bond donors (Lipinski definition) is 0. The van der Waals surface area contributed by atoms with Crippen LogP contribution in [0.25, 0.3) is 0 Å². The monoisotopic (exact) mass is 392 g/mol. The molecule has 2 aromatic rings. The summed E-state index contributed by atoms with van der Waals surface area (Å²) in [5.41, 5.74) is 3.78. The van der Waals surface area contributed by atoms with Crippen LogP contribution in [0.3, 0.4) is 0 Å². The lowest BCUT2D eigenvalue weighted by molar-refractivity contribution is -0.116. The second kappa shape index (κ2) is 10.2. The minimum Gasteiger partial charge on any atom is -0.334 e. The van der Waals surface area contributed by atoms with Crippen LogP contribution in [0.2, 0.25) is 0 Å². The molecule has 4 heteroatoms. The van der Waals surface area contributed by atoms with Crippen molar-refractivity contribution in [2.45, 2.75) is 58.9 Å². The molecule has 3 rings (SSSR count). The number of benzene rings is 2. The third kappa shape index (κ3) is 5.69. The molecule has 0 radical (unpaired) electrons. The first kappa shape index (κ1) is 21.1. The summed E-state index contributed by atoms with van der Waals surface area (Å²) < 4.78 is 0. The molecule has 154 valence electrons. The number of fused-ring (bicyclic) bond motifs is 1. The van der Waals surface area contributed by atoms with Crippen molar-refractivity contribution in [3.63, 3.8) is 0 Å². The van der Waals surface area contributed by atoms with Gasteiger partial charge in [0.05, 0.1) is 0 Å². The number of hydrogen-bond acceptors (Lipinski definition) is 2. The summed E-state index contributed by atoms with van der Waals surface area (Å²) in [7, 11) is 0. The normalized spacial score (nSPS) is 16.2. The molecule has 29 heavy (non-hydrogen) atoms. The van der Waals surface area contributed by atoms with E-state index < -0.39 is 0 Å². The fraction of sp³-hybridized carbons (Fsp3) is 0.440. The second-order valence-electron chi connectivity index (χ2n) is 8.02. The zero-order valence-electron chi connectivity index (χ0n) is 17.7. The van der Waals surface area contributed by atoms with E-state index in [-0.39, 0.29) is 11.8 Å². The van der Waals surface area contributed by atoms with Crippen molar-refractivity contribution in [1.29, 1.82) is 0 Å². The maximum absolute atomic E-state index is 13.3. The fourth-order valence-corrected chi connectivity index (χ4v) is 4.05. The number of para-hydroxylation sites is 1. The zero-order chi connectivity index (χ0) is 20.6. The SMILES string of the molecule is CC(=O)N1CCCCCCCCN(C(=O)c2cccc(C)c2)Cc2ccccc21. The molecule has 1 aliphatic rings. The summed E-state index contributed by atoms with van der Waals surface area (Å²) in [6, 6.07) is 15.8. The summed E-state index contributed by atoms with van der Waals surface area (Å²) in [5, 5.41) is 0. The van der Waals surface area contributed by atoms with E-state index in [0.717, 1.165) is 61.2 Å². The molecule has 0 saturated heterocycles. The van der Waals surface area contributed by atoms with Gasteiger partial charge in [-0.2, -0.15) is 0 Å². The van der Waals surface area contributed by atoms with E-state index in [4.69, 9.17) is 0 Å². The standard InChI is InChI=1S/C25H32N2O2/c1-20-12-11-14-22(18-20)25(29)26-16-9-5-3-4-6-10-17-27(21(2)28)24-15-8-7-13-23(24)19-26/h7-8,11-15,18H,3-6,9-10,16-17,19H2,1-2H3. The molecular weight excluding hydrogens is 360 g/mol. The van der Waals surface area contributed by atoms with Gasteiger partial charge < -0.3 is 9.80 Å². The van der Waals surface area contributed by atoms with Gasteiger partial charge in [0.1, 0.15) is 0 Å². The van der Waals surface area contributed by atoms with Gasteiger partial charge in [-0.3, -0.25) is 9.59 Å². The smallest absolute Gasteiger partial charge is 0.254 e. The third-order valence-corrected chi connectivity index (χ3v) is 5.64. The Bertz CT molecular complexity index is 846. The molecule has 0 saturated carbocycles. The Labute approximate surface area is 174 Å². The van der Waals surface area contributed by atoms with Crippen LogP contribution in [0.1, 0.15) is 66.9 Å². The van der Waals surface area contributed by atoms with Crippen LogP contribution in [0, 0.1) is 6.92 Å². The predicted molar refractivity (Wildman–Crippen MR) is 118 cm³/mol. The van der Waals surface area contributed by atoms with Crippen LogP contribution in [-0.4, -0.2) is 29.8 Å². The van der Waals surface area contributed by atoms with Gasteiger partial charge in [-0.15, -0.1) is 0 Å².